The highest BCUT2D eigenvalue weighted by molar-refractivity contribution is 6.30. The second-order valence-electron chi connectivity index (χ2n) is 4.14. The number of nitrogens with two attached hydrogens (primary N) is 1. The van der Waals surface area contributed by atoms with Gasteiger partial charge in [0.05, 0.1) is 6.04 Å². The van der Waals surface area contributed by atoms with Crippen molar-refractivity contribution in [1.82, 2.24) is 4.90 Å². The fraction of sp³-hybridized carbons (Fsp3) is 0.462. The number of amides is 1. The molecule has 0 aliphatic carbocycles. The summed E-state index contributed by atoms with van der Waals surface area (Å²) in [4.78, 5) is 13.7. The molecule has 2 N–H and O–H groups in total. The van der Waals surface area contributed by atoms with Gasteiger partial charge >= 0.3 is 0 Å². The highest BCUT2D eigenvalue weighted by Crippen LogP contribution is 2.22. The summed E-state index contributed by atoms with van der Waals surface area (Å²) >= 11 is 5.94. The van der Waals surface area contributed by atoms with Crippen molar-refractivity contribution in [3.05, 3.63) is 34.9 Å². The number of carbonyl (C=O) groups excluding carboxylic acids is 1. The van der Waals surface area contributed by atoms with Crippen molar-refractivity contribution in [2.24, 2.45) is 5.73 Å². The maximum Gasteiger partial charge on any atom is 0.253 e. The van der Waals surface area contributed by atoms with E-state index in [2.05, 4.69) is 0 Å². The third kappa shape index (κ3) is 3.45. The van der Waals surface area contributed by atoms with Gasteiger partial charge < -0.3 is 15.4 Å². The minimum atomic E-state index is -0.600. The van der Waals surface area contributed by atoms with Gasteiger partial charge in [0, 0.05) is 25.7 Å². The zero-order valence-electron chi connectivity index (χ0n) is 10.9. The average molecular weight is 271 g/mol. The molecule has 1 amide bonds. The van der Waals surface area contributed by atoms with E-state index in [4.69, 9.17) is 22.1 Å². The molecule has 0 spiro atoms. The molecule has 5 heteroatoms. The molecule has 4 nitrogen and oxygen atoms in total. The van der Waals surface area contributed by atoms with Crippen LogP contribution in [-0.2, 0) is 9.53 Å². The van der Waals surface area contributed by atoms with Crippen LogP contribution < -0.4 is 5.73 Å². The van der Waals surface area contributed by atoms with Gasteiger partial charge in [0.2, 0.25) is 0 Å². The van der Waals surface area contributed by atoms with Crippen LogP contribution in [0.2, 0.25) is 5.02 Å². The SMILES string of the molecule is COC(CN)C(=O)N(C)C(C)c1cccc(Cl)c1. The summed E-state index contributed by atoms with van der Waals surface area (Å²) in [5.41, 5.74) is 6.47. The molecule has 0 heterocycles. The lowest BCUT2D eigenvalue weighted by atomic mass is 10.1. The maximum absolute atomic E-state index is 12.1. The third-order valence-corrected chi connectivity index (χ3v) is 3.27. The van der Waals surface area contributed by atoms with Crippen molar-refractivity contribution >= 4 is 17.5 Å². The molecule has 1 aromatic carbocycles. The normalized spacial score (nSPS) is 14.1. The minimum Gasteiger partial charge on any atom is -0.370 e. The molecule has 1 rings (SSSR count). The predicted molar refractivity (Wildman–Crippen MR) is 72.5 cm³/mol. The monoisotopic (exact) mass is 270 g/mol. The van der Waals surface area contributed by atoms with Gasteiger partial charge in [-0.2, -0.15) is 0 Å². The van der Waals surface area contributed by atoms with Crippen molar-refractivity contribution in [1.29, 1.82) is 0 Å². The van der Waals surface area contributed by atoms with E-state index in [1.165, 1.54) is 7.11 Å². The van der Waals surface area contributed by atoms with Gasteiger partial charge in [0.1, 0.15) is 6.10 Å². The van der Waals surface area contributed by atoms with Crippen LogP contribution in [0, 0.1) is 0 Å². The lowest BCUT2D eigenvalue weighted by molar-refractivity contribution is -0.142. The Balaban J connectivity index is 2.83. The predicted octanol–water partition coefficient (Wildman–Crippen LogP) is 1.83. The van der Waals surface area contributed by atoms with E-state index in [0.717, 1.165) is 5.56 Å². The van der Waals surface area contributed by atoms with Crippen LogP contribution >= 0.6 is 11.6 Å². The molecule has 2 unspecified atom stereocenters. The van der Waals surface area contributed by atoms with Gasteiger partial charge in [0.15, 0.2) is 0 Å². The fourth-order valence-electron chi connectivity index (χ4n) is 1.71. The highest BCUT2D eigenvalue weighted by Gasteiger charge is 2.24. The van der Waals surface area contributed by atoms with E-state index in [0.29, 0.717) is 5.02 Å². The number of nitrogens with zero attached hydrogens (tertiary/aromatic N) is 1. The summed E-state index contributed by atoms with van der Waals surface area (Å²) in [6.07, 6.45) is -0.600. The lowest BCUT2D eigenvalue weighted by Crippen LogP contribution is -2.42. The van der Waals surface area contributed by atoms with Gasteiger partial charge in [-0.25, -0.2) is 0 Å². The van der Waals surface area contributed by atoms with Gasteiger partial charge in [-0.3, -0.25) is 4.79 Å². The van der Waals surface area contributed by atoms with Crippen molar-refractivity contribution in [2.45, 2.75) is 19.1 Å². The molecule has 1 aromatic rings. The number of ether oxygens (including phenoxy) is 1. The molecule has 0 fully saturated rings. The lowest BCUT2D eigenvalue weighted by Gasteiger charge is -2.28. The molecule has 0 bridgehead atoms. The van der Waals surface area contributed by atoms with E-state index in [1.807, 2.05) is 25.1 Å². The largest absolute Gasteiger partial charge is 0.370 e. The molecule has 18 heavy (non-hydrogen) atoms. The van der Waals surface area contributed by atoms with E-state index >= 15 is 0 Å². The van der Waals surface area contributed by atoms with E-state index in [-0.39, 0.29) is 18.5 Å². The zero-order chi connectivity index (χ0) is 13.7. The van der Waals surface area contributed by atoms with Crippen molar-refractivity contribution in [3.63, 3.8) is 0 Å². The molecule has 0 aliphatic rings. The van der Waals surface area contributed by atoms with Gasteiger partial charge in [-0.15, -0.1) is 0 Å². The Morgan fingerprint density at radius 1 is 1.56 bits per heavy atom. The quantitative estimate of drug-likeness (QED) is 0.888. The molecule has 0 aliphatic heterocycles. The first-order valence-electron chi connectivity index (χ1n) is 5.76. The molecular weight excluding hydrogens is 252 g/mol. The summed E-state index contributed by atoms with van der Waals surface area (Å²) in [5.74, 6) is -0.132. The van der Waals surface area contributed by atoms with Crippen LogP contribution in [0.25, 0.3) is 0 Å². The maximum atomic E-state index is 12.1. The Morgan fingerprint density at radius 3 is 2.72 bits per heavy atom. The Bertz CT molecular complexity index is 408. The van der Waals surface area contributed by atoms with E-state index in [1.54, 1.807) is 18.0 Å². The fourth-order valence-corrected chi connectivity index (χ4v) is 1.90. The van der Waals surface area contributed by atoms with Crippen LogP contribution in [-0.4, -0.2) is 37.6 Å². The summed E-state index contributed by atoms with van der Waals surface area (Å²) in [6, 6.07) is 7.37. The van der Waals surface area contributed by atoms with Gasteiger partial charge in [0.25, 0.3) is 5.91 Å². The molecular formula is C13H19ClN2O2. The number of carbonyl (C=O) groups is 1. The number of hydrogen-bond acceptors (Lipinski definition) is 3. The van der Waals surface area contributed by atoms with Crippen molar-refractivity contribution in [3.8, 4) is 0 Å². The second kappa shape index (κ2) is 6.73. The number of benzene rings is 1. The van der Waals surface area contributed by atoms with Gasteiger partial charge in [-0.05, 0) is 24.6 Å². The number of likely N-dealkylation sites (N-methyl/N-ethyl adjacent to an activating group) is 1. The number of halogens is 1. The van der Waals surface area contributed by atoms with Crippen LogP contribution in [0.15, 0.2) is 24.3 Å². The zero-order valence-corrected chi connectivity index (χ0v) is 11.6. The molecule has 2 atom stereocenters. The van der Waals surface area contributed by atoms with Crippen LogP contribution in [0.4, 0.5) is 0 Å². The highest BCUT2D eigenvalue weighted by atomic mass is 35.5. The summed E-state index contributed by atoms with van der Waals surface area (Å²) < 4.78 is 5.05. The smallest absolute Gasteiger partial charge is 0.253 e. The van der Waals surface area contributed by atoms with Crippen LogP contribution in [0.3, 0.4) is 0 Å². The first-order valence-corrected chi connectivity index (χ1v) is 6.14. The van der Waals surface area contributed by atoms with Crippen LogP contribution in [0.5, 0.6) is 0 Å². The third-order valence-electron chi connectivity index (χ3n) is 3.03. The van der Waals surface area contributed by atoms with Crippen molar-refractivity contribution < 1.29 is 9.53 Å². The number of methoxy groups -OCH3 is 1. The van der Waals surface area contributed by atoms with E-state index < -0.39 is 6.10 Å². The Morgan fingerprint density at radius 2 is 2.22 bits per heavy atom. The Hall–Kier alpha value is -1.10. The summed E-state index contributed by atoms with van der Waals surface area (Å²) in [5, 5.41) is 0.655. The topological polar surface area (TPSA) is 55.6 Å². The molecule has 0 saturated heterocycles. The number of hydrogen-bond donors (Lipinski definition) is 1. The Kier molecular flexibility index (Phi) is 5.59. The van der Waals surface area contributed by atoms with Gasteiger partial charge in [-0.1, -0.05) is 23.7 Å². The molecule has 0 radical (unpaired) electrons. The van der Waals surface area contributed by atoms with E-state index in [9.17, 15) is 4.79 Å². The number of rotatable bonds is 5. The second-order valence-corrected chi connectivity index (χ2v) is 4.58. The molecule has 100 valence electrons. The first kappa shape index (κ1) is 15.0. The minimum absolute atomic E-state index is 0.0830. The first-order chi connectivity index (χ1) is 8.51. The average Bonchev–Trinajstić information content (AvgIpc) is 2.38. The van der Waals surface area contributed by atoms with Crippen molar-refractivity contribution in [2.75, 3.05) is 20.7 Å². The standard InChI is InChI=1S/C13H19ClN2O2/c1-9(10-5-4-6-11(14)7-10)16(2)13(17)12(8-15)18-3/h4-7,9,12H,8,15H2,1-3H3. The van der Waals surface area contributed by atoms with Crippen LogP contribution in [0.1, 0.15) is 18.5 Å². The summed E-state index contributed by atoms with van der Waals surface area (Å²) in [6.45, 7) is 2.11. The molecule has 0 aromatic heterocycles. The molecule has 0 saturated carbocycles. The Labute approximate surface area is 113 Å². The summed E-state index contributed by atoms with van der Waals surface area (Å²) in [7, 11) is 3.21.